The molecule has 0 aliphatic heterocycles. The Kier molecular flexibility index (Phi) is 5.50. The maximum atomic E-state index is 11.6. The van der Waals surface area contributed by atoms with Gasteiger partial charge in [0, 0.05) is 6.54 Å². The number of rotatable bonds is 5. The van der Waals surface area contributed by atoms with Gasteiger partial charge in [-0.15, -0.1) is 0 Å². The van der Waals surface area contributed by atoms with Crippen LogP contribution in [0.25, 0.3) is 0 Å². The third kappa shape index (κ3) is 6.42. The van der Waals surface area contributed by atoms with Crippen molar-refractivity contribution in [2.75, 3.05) is 6.54 Å². The summed E-state index contributed by atoms with van der Waals surface area (Å²) in [6.45, 7) is 2.12. The molecule has 0 atom stereocenters. The highest BCUT2D eigenvalue weighted by Crippen LogP contribution is 2.13. The van der Waals surface area contributed by atoms with E-state index in [2.05, 4.69) is 0 Å². The first-order valence-electron chi connectivity index (χ1n) is 4.33. The van der Waals surface area contributed by atoms with Crippen LogP contribution in [0.15, 0.2) is 0 Å². The number of hydrogen-bond donors (Lipinski definition) is 1. The normalized spacial score (nSPS) is 11.4. The molecule has 0 unspecified atom stereocenters. The van der Waals surface area contributed by atoms with E-state index in [-0.39, 0.29) is 6.54 Å². The van der Waals surface area contributed by atoms with E-state index in [1.807, 2.05) is 12.2 Å². The molecule has 0 bridgehead atoms. The van der Waals surface area contributed by atoms with Crippen molar-refractivity contribution >= 4 is 5.91 Å². The van der Waals surface area contributed by atoms with Gasteiger partial charge < -0.3 is 5.32 Å². The first-order valence-corrected chi connectivity index (χ1v) is 4.33. The summed E-state index contributed by atoms with van der Waals surface area (Å²) >= 11 is 0. The van der Waals surface area contributed by atoms with Crippen LogP contribution in [0.5, 0.6) is 0 Å². The highest BCUT2D eigenvalue weighted by molar-refractivity contribution is 5.81. The summed E-state index contributed by atoms with van der Waals surface area (Å²) in [5.41, 5.74) is 0. The Bertz CT molecular complexity index is 156. The van der Waals surface area contributed by atoms with E-state index in [4.69, 9.17) is 0 Å². The van der Waals surface area contributed by atoms with E-state index in [0.29, 0.717) is 6.42 Å². The van der Waals surface area contributed by atoms with Gasteiger partial charge in [0.2, 0.25) is 0 Å². The lowest BCUT2D eigenvalue weighted by molar-refractivity contribution is -0.173. The van der Waals surface area contributed by atoms with Gasteiger partial charge in [0.25, 0.3) is 0 Å². The number of hydrogen-bond acceptors (Lipinski definition) is 1. The highest BCUT2D eigenvalue weighted by Gasteiger charge is 2.37. The maximum absolute atomic E-state index is 11.6. The lowest BCUT2D eigenvalue weighted by atomic mass is 10.2. The number of amides is 1. The molecule has 0 aromatic rings. The Morgan fingerprint density at radius 1 is 1.23 bits per heavy atom. The molecule has 13 heavy (non-hydrogen) atoms. The van der Waals surface area contributed by atoms with Gasteiger partial charge in [-0.05, 0) is 6.42 Å². The fraction of sp³-hybridized carbons (Fsp3) is 0.875. The van der Waals surface area contributed by atoms with Crippen LogP contribution in [0, 0.1) is 0 Å². The zero-order valence-corrected chi connectivity index (χ0v) is 7.58. The minimum atomic E-state index is -4.75. The standard InChI is InChI=1S/C8H14F3NO/c1-2-3-4-5-6-12-7(13)8(9,10)11/h2-6H2,1H3,(H,12,13). The average Bonchev–Trinajstić information content (AvgIpc) is 2.02. The summed E-state index contributed by atoms with van der Waals surface area (Å²) in [5, 5.41) is 1.82. The van der Waals surface area contributed by atoms with Crippen molar-refractivity contribution in [1.82, 2.24) is 5.32 Å². The highest BCUT2D eigenvalue weighted by atomic mass is 19.4. The summed E-state index contributed by atoms with van der Waals surface area (Å²) in [7, 11) is 0. The number of carbonyl (C=O) groups excluding carboxylic acids is 1. The van der Waals surface area contributed by atoms with E-state index >= 15 is 0 Å². The lowest BCUT2D eigenvalue weighted by Gasteiger charge is -2.06. The van der Waals surface area contributed by atoms with Crippen molar-refractivity contribution < 1.29 is 18.0 Å². The van der Waals surface area contributed by atoms with Gasteiger partial charge in [-0.25, -0.2) is 0 Å². The molecule has 0 saturated heterocycles. The molecule has 0 fully saturated rings. The predicted molar refractivity (Wildman–Crippen MR) is 43.2 cm³/mol. The molecule has 0 saturated carbocycles. The van der Waals surface area contributed by atoms with E-state index in [1.54, 1.807) is 0 Å². The quantitative estimate of drug-likeness (QED) is 0.673. The predicted octanol–water partition coefficient (Wildman–Crippen LogP) is 2.25. The number of unbranched alkanes of at least 4 members (excludes halogenated alkanes) is 3. The first-order chi connectivity index (χ1) is 5.98. The second kappa shape index (κ2) is 5.83. The first kappa shape index (κ1) is 12.3. The second-order valence-corrected chi connectivity index (χ2v) is 2.81. The Hall–Kier alpha value is -0.740. The molecule has 0 aromatic heterocycles. The van der Waals surface area contributed by atoms with Crippen molar-refractivity contribution in [3.05, 3.63) is 0 Å². The Labute approximate surface area is 75.5 Å². The van der Waals surface area contributed by atoms with Gasteiger partial charge in [-0.3, -0.25) is 4.79 Å². The molecule has 0 radical (unpaired) electrons. The van der Waals surface area contributed by atoms with E-state index in [9.17, 15) is 18.0 Å². The smallest absolute Gasteiger partial charge is 0.348 e. The van der Waals surface area contributed by atoms with Crippen LogP contribution in [0.4, 0.5) is 13.2 Å². The van der Waals surface area contributed by atoms with Gasteiger partial charge in [0.1, 0.15) is 0 Å². The van der Waals surface area contributed by atoms with Crippen LogP contribution < -0.4 is 5.32 Å². The zero-order valence-electron chi connectivity index (χ0n) is 7.58. The van der Waals surface area contributed by atoms with Crippen molar-refractivity contribution in [2.24, 2.45) is 0 Å². The topological polar surface area (TPSA) is 29.1 Å². The molecule has 0 spiro atoms. The van der Waals surface area contributed by atoms with Crippen molar-refractivity contribution in [3.8, 4) is 0 Å². The summed E-state index contributed by atoms with van der Waals surface area (Å²) in [6.07, 6.45) is -1.27. The second-order valence-electron chi connectivity index (χ2n) is 2.81. The summed E-state index contributed by atoms with van der Waals surface area (Å²) in [4.78, 5) is 10.3. The fourth-order valence-corrected chi connectivity index (χ4v) is 0.854. The van der Waals surface area contributed by atoms with Gasteiger partial charge >= 0.3 is 12.1 Å². The molecule has 0 aliphatic rings. The van der Waals surface area contributed by atoms with Crippen LogP contribution in [-0.2, 0) is 4.79 Å². The Morgan fingerprint density at radius 3 is 2.31 bits per heavy atom. The number of alkyl halides is 3. The van der Waals surface area contributed by atoms with E-state index in [0.717, 1.165) is 19.3 Å². The summed E-state index contributed by atoms with van der Waals surface area (Å²) < 4.78 is 34.8. The minimum absolute atomic E-state index is 0.109. The molecule has 5 heteroatoms. The lowest BCUT2D eigenvalue weighted by Crippen LogP contribution is -2.37. The van der Waals surface area contributed by atoms with Crippen molar-refractivity contribution in [1.29, 1.82) is 0 Å². The van der Waals surface area contributed by atoms with Crippen LogP contribution >= 0.6 is 0 Å². The van der Waals surface area contributed by atoms with Crippen LogP contribution in [0.3, 0.4) is 0 Å². The monoisotopic (exact) mass is 197 g/mol. The maximum Gasteiger partial charge on any atom is 0.471 e. The summed E-state index contributed by atoms with van der Waals surface area (Å²) in [5.74, 6) is -1.84. The molecule has 0 rings (SSSR count). The molecule has 1 amide bonds. The number of carbonyl (C=O) groups is 1. The molecule has 78 valence electrons. The minimum Gasteiger partial charge on any atom is -0.348 e. The van der Waals surface area contributed by atoms with Gasteiger partial charge in [-0.2, -0.15) is 13.2 Å². The van der Waals surface area contributed by atoms with Crippen molar-refractivity contribution in [2.45, 2.75) is 38.8 Å². The molecule has 1 N–H and O–H groups in total. The molecular weight excluding hydrogens is 183 g/mol. The summed E-state index contributed by atoms with van der Waals surface area (Å²) in [6, 6.07) is 0. The van der Waals surface area contributed by atoms with Crippen LogP contribution in [-0.4, -0.2) is 18.6 Å². The largest absolute Gasteiger partial charge is 0.471 e. The molecule has 0 heterocycles. The van der Waals surface area contributed by atoms with Gasteiger partial charge in [0.15, 0.2) is 0 Å². The van der Waals surface area contributed by atoms with E-state index < -0.39 is 12.1 Å². The third-order valence-electron chi connectivity index (χ3n) is 1.57. The third-order valence-corrected chi connectivity index (χ3v) is 1.57. The molecule has 0 aliphatic carbocycles. The fourth-order valence-electron chi connectivity index (χ4n) is 0.854. The van der Waals surface area contributed by atoms with Gasteiger partial charge in [0.05, 0.1) is 0 Å². The molecule has 0 aromatic carbocycles. The van der Waals surface area contributed by atoms with Crippen LogP contribution in [0.2, 0.25) is 0 Å². The van der Waals surface area contributed by atoms with Crippen LogP contribution in [0.1, 0.15) is 32.6 Å². The zero-order chi connectivity index (χ0) is 10.3. The molecule has 2 nitrogen and oxygen atoms in total. The number of nitrogens with one attached hydrogen (secondary N) is 1. The molecular formula is C8H14F3NO. The average molecular weight is 197 g/mol. The number of halogens is 3. The Morgan fingerprint density at radius 2 is 1.85 bits per heavy atom. The van der Waals surface area contributed by atoms with Gasteiger partial charge in [-0.1, -0.05) is 26.2 Å². The Balaban J connectivity index is 3.38. The van der Waals surface area contributed by atoms with Crippen molar-refractivity contribution in [3.63, 3.8) is 0 Å². The van der Waals surface area contributed by atoms with E-state index in [1.165, 1.54) is 0 Å². The SMILES string of the molecule is CCCCCCNC(=O)C(F)(F)F.